The minimum absolute atomic E-state index is 0.000483. The number of carbonyl (C=O) groups is 1. The van der Waals surface area contributed by atoms with Crippen molar-refractivity contribution >= 4 is 28.7 Å². The van der Waals surface area contributed by atoms with Gasteiger partial charge in [-0.25, -0.2) is 4.98 Å². The van der Waals surface area contributed by atoms with E-state index in [0.717, 1.165) is 27.6 Å². The molecule has 5 nitrogen and oxygen atoms in total. The van der Waals surface area contributed by atoms with Crippen molar-refractivity contribution in [3.05, 3.63) is 54.1 Å². The molecule has 0 saturated heterocycles. The van der Waals surface area contributed by atoms with Gasteiger partial charge in [0, 0.05) is 0 Å². The summed E-state index contributed by atoms with van der Waals surface area (Å²) >= 11 is 0.985. The van der Waals surface area contributed by atoms with Crippen LogP contribution in [0.5, 0.6) is 5.75 Å². The average Bonchev–Trinajstić information content (AvgIpc) is 3.02. The number of alkyl halides is 2. The molecule has 0 unspecified atom stereocenters. The number of aryl methyl sites for hydroxylation is 1. The molecule has 1 heterocycles. The van der Waals surface area contributed by atoms with Crippen LogP contribution in [0.25, 0.3) is 11.0 Å². The Labute approximate surface area is 159 Å². The molecule has 27 heavy (non-hydrogen) atoms. The number of ether oxygens (including phenoxy) is 1. The maximum atomic E-state index is 13.3. The molecular weight excluding hydrogens is 372 g/mol. The third-order valence-electron chi connectivity index (χ3n) is 3.77. The number of amides is 1. The van der Waals surface area contributed by atoms with E-state index in [9.17, 15) is 13.6 Å². The SMILES string of the molecule is Cc1cccc(OCCNC(=O)CSc2nc3ccccc3n2C(F)F)c1. The van der Waals surface area contributed by atoms with E-state index >= 15 is 0 Å². The van der Waals surface area contributed by atoms with Crippen LogP contribution in [-0.4, -0.2) is 34.4 Å². The molecule has 142 valence electrons. The van der Waals surface area contributed by atoms with E-state index in [-0.39, 0.29) is 16.8 Å². The van der Waals surface area contributed by atoms with Crippen LogP contribution in [0.3, 0.4) is 0 Å². The Hall–Kier alpha value is -2.61. The Balaban J connectivity index is 1.49. The van der Waals surface area contributed by atoms with Crippen molar-refractivity contribution in [1.82, 2.24) is 14.9 Å². The van der Waals surface area contributed by atoms with Gasteiger partial charge in [-0.15, -0.1) is 0 Å². The van der Waals surface area contributed by atoms with E-state index in [1.165, 1.54) is 0 Å². The van der Waals surface area contributed by atoms with Gasteiger partial charge in [0.1, 0.15) is 12.4 Å². The molecule has 0 aliphatic carbocycles. The number of aromatic nitrogens is 2. The molecule has 3 aromatic rings. The molecule has 0 saturated carbocycles. The second-order valence-electron chi connectivity index (χ2n) is 5.83. The van der Waals surface area contributed by atoms with E-state index in [0.29, 0.717) is 24.2 Å². The number of benzene rings is 2. The fourth-order valence-electron chi connectivity index (χ4n) is 2.56. The highest BCUT2D eigenvalue weighted by Gasteiger charge is 2.18. The fourth-order valence-corrected chi connectivity index (χ4v) is 3.40. The lowest BCUT2D eigenvalue weighted by molar-refractivity contribution is -0.118. The van der Waals surface area contributed by atoms with E-state index in [4.69, 9.17) is 4.74 Å². The van der Waals surface area contributed by atoms with Crippen molar-refractivity contribution in [3.8, 4) is 5.75 Å². The summed E-state index contributed by atoms with van der Waals surface area (Å²) in [6.07, 6.45) is 0. The van der Waals surface area contributed by atoms with Crippen LogP contribution in [0.4, 0.5) is 8.78 Å². The van der Waals surface area contributed by atoms with Crippen LogP contribution in [0.1, 0.15) is 12.1 Å². The van der Waals surface area contributed by atoms with Gasteiger partial charge in [0.15, 0.2) is 5.16 Å². The zero-order valence-electron chi connectivity index (χ0n) is 14.7. The van der Waals surface area contributed by atoms with E-state index in [1.54, 1.807) is 24.3 Å². The predicted molar refractivity (Wildman–Crippen MR) is 101 cm³/mol. The zero-order chi connectivity index (χ0) is 19.2. The second-order valence-corrected chi connectivity index (χ2v) is 6.78. The topological polar surface area (TPSA) is 56.1 Å². The average molecular weight is 391 g/mol. The Bertz CT molecular complexity index is 930. The first kappa shape index (κ1) is 19.2. The summed E-state index contributed by atoms with van der Waals surface area (Å²) in [4.78, 5) is 16.2. The summed E-state index contributed by atoms with van der Waals surface area (Å²) in [7, 11) is 0. The van der Waals surface area contributed by atoms with Gasteiger partial charge in [-0.1, -0.05) is 36.0 Å². The van der Waals surface area contributed by atoms with Crippen molar-refractivity contribution in [1.29, 1.82) is 0 Å². The number of nitrogens with one attached hydrogen (secondary N) is 1. The Morgan fingerprint density at radius 3 is 2.85 bits per heavy atom. The van der Waals surface area contributed by atoms with Gasteiger partial charge in [0.2, 0.25) is 5.91 Å². The zero-order valence-corrected chi connectivity index (χ0v) is 15.5. The largest absolute Gasteiger partial charge is 0.492 e. The van der Waals surface area contributed by atoms with Crippen LogP contribution in [0.15, 0.2) is 53.7 Å². The highest BCUT2D eigenvalue weighted by atomic mass is 32.2. The monoisotopic (exact) mass is 391 g/mol. The standard InChI is InChI=1S/C19H19F2N3O2S/c1-13-5-4-6-14(11-13)26-10-9-22-17(25)12-27-19-23-15-7-2-3-8-16(15)24(19)18(20)21/h2-8,11,18H,9-10,12H2,1H3,(H,22,25). The maximum Gasteiger partial charge on any atom is 0.321 e. The highest BCUT2D eigenvalue weighted by Crippen LogP contribution is 2.28. The normalized spacial score (nSPS) is 11.1. The molecule has 8 heteroatoms. The Kier molecular flexibility index (Phi) is 6.28. The minimum Gasteiger partial charge on any atom is -0.492 e. The number of rotatable bonds is 8. The lowest BCUT2D eigenvalue weighted by Gasteiger charge is -2.09. The second kappa shape index (κ2) is 8.85. The first-order valence-electron chi connectivity index (χ1n) is 8.38. The quantitative estimate of drug-likeness (QED) is 0.465. The van der Waals surface area contributed by atoms with E-state index < -0.39 is 6.55 Å². The Morgan fingerprint density at radius 2 is 2.07 bits per heavy atom. The van der Waals surface area contributed by atoms with Gasteiger partial charge >= 0.3 is 6.55 Å². The molecule has 3 rings (SSSR count). The molecule has 1 aromatic heterocycles. The smallest absolute Gasteiger partial charge is 0.321 e. The Morgan fingerprint density at radius 1 is 1.26 bits per heavy atom. The molecule has 2 aromatic carbocycles. The van der Waals surface area contributed by atoms with Crippen LogP contribution in [-0.2, 0) is 4.79 Å². The molecular formula is C19H19F2N3O2S. The molecule has 0 radical (unpaired) electrons. The number of thioether (sulfide) groups is 1. The van der Waals surface area contributed by atoms with E-state index in [1.807, 2.05) is 31.2 Å². The molecule has 0 aliphatic rings. The lowest BCUT2D eigenvalue weighted by Crippen LogP contribution is -2.29. The summed E-state index contributed by atoms with van der Waals surface area (Å²) < 4.78 is 33.1. The predicted octanol–water partition coefficient (Wildman–Crippen LogP) is 4.03. The molecule has 0 spiro atoms. The van der Waals surface area contributed by atoms with Crippen molar-refractivity contribution < 1.29 is 18.3 Å². The molecule has 1 amide bonds. The van der Waals surface area contributed by atoms with Crippen molar-refractivity contribution in [3.63, 3.8) is 0 Å². The summed E-state index contributed by atoms with van der Waals surface area (Å²) in [6, 6.07) is 14.3. The summed E-state index contributed by atoms with van der Waals surface area (Å²) in [6.45, 7) is -0.0854. The maximum absolute atomic E-state index is 13.3. The van der Waals surface area contributed by atoms with Gasteiger partial charge in [0.25, 0.3) is 0 Å². The third kappa shape index (κ3) is 4.97. The number of carbonyl (C=O) groups excluding carboxylic acids is 1. The van der Waals surface area contributed by atoms with Gasteiger partial charge < -0.3 is 10.1 Å². The third-order valence-corrected chi connectivity index (χ3v) is 4.73. The fraction of sp³-hybridized carbons (Fsp3) is 0.263. The number of hydrogen-bond acceptors (Lipinski definition) is 4. The first-order valence-corrected chi connectivity index (χ1v) is 9.37. The van der Waals surface area contributed by atoms with Gasteiger partial charge in [-0.05, 0) is 36.8 Å². The van der Waals surface area contributed by atoms with Crippen LogP contribution in [0.2, 0.25) is 0 Å². The van der Waals surface area contributed by atoms with Gasteiger partial charge in [-0.2, -0.15) is 8.78 Å². The number of imidazole rings is 1. The lowest BCUT2D eigenvalue weighted by atomic mass is 10.2. The minimum atomic E-state index is -2.72. The molecule has 0 aliphatic heterocycles. The number of hydrogen-bond donors (Lipinski definition) is 1. The van der Waals surface area contributed by atoms with Crippen molar-refractivity contribution in [2.24, 2.45) is 0 Å². The number of nitrogens with zero attached hydrogens (tertiary/aromatic N) is 2. The molecule has 0 fully saturated rings. The number of fused-ring (bicyclic) bond motifs is 1. The van der Waals surface area contributed by atoms with Crippen LogP contribution >= 0.6 is 11.8 Å². The van der Waals surface area contributed by atoms with E-state index in [2.05, 4.69) is 10.3 Å². The summed E-state index contributed by atoms with van der Waals surface area (Å²) in [5, 5.41) is 2.83. The van der Waals surface area contributed by atoms with Crippen LogP contribution < -0.4 is 10.1 Å². The summed E-state index contributed by atoms with van der Waals surface area (Å²) in [5.41, 5.74) is 1.92. The molecule has 0 atom stereocenters. The first-order chi connectivity index (χ1) is 13.0. The van der Waals surface area contributed by atoms with Gasteiger partial charge in [-0.3, -0.25) is 9.36 Å². The molecule has 1 N–H and O–H groups in total. The van der Waals surface area contributed by atoms with Crippen molar-refractivity contribution in [2.75, 3.05) is 18.9 Å². The molecule has 0 bridgehead atoms. The number of para-hydroxylation sites is 2. The van der Waals surface area contributed by atoms with Crippen LogP contribution in [0, 0.1) is 6.92 Å². The van der Waals surface area contributed by atoms with Gasteiger partial charge in [0.05, 0.1) is 23.3 Å². The summed E-state index contributed by atoms with van der Waals surface area (Å²) in [5.74, 6) is 0.477. The number of halogens is 2. The van der Waals surface area contributed by atoms with Crippen molar-refractivity contribution in [2.45, 2.75) is 18.6 Å². The highest BCUT2D eigenvalue weighted by molar-refractivity contribution is 7.99.